The maximum absolute atomic E-state index is 11.5. The van der Waals surface area contributed by atoms with Gasteiger partial charge in [0.15, 0.2) is 6.10 Å². The Labute approximate surface area is 103 Å². The van der Waals surface area contributed by atoms with Gasteiger partial charge in [0.05, 0.1) is 13.2 Å². The summed E-state index contributed by atoms with van der Waals surface area (Å²) in [5.74, 6) is -0.541. The number of carbonyl (C=O) groups excluding carboxylic acids is 1. The second-order valence-corrected chi connectivity index (χ2v) is 3.82. The van der Waals surface area contributed by atoms with Gasteiger partial charge in [-0.15, -0.1) is 0 Å². The molecule has 2 atom stereocenters. The fraction of sp³-hybridized carbons (Fsp3) is 0.917. The van der Waals surface area contributed by atoms with Crippen molar-refractivity contribution in [2.24, 2.45) is 0 Å². The number of hydrogen-bond acceptors (Lipinski definition) is 5. The molecule has 0 aromatic carbocycles. The van der Waals surface area contributed by atoms with Crippen LogP contribution in [0.3, 0.4) is 0 Å². The Morgan fingerprint density at radius 3 is 2.47 bits per heavy atom. The number of unbranched alkanes of at least 4 members (excludes halogenated alkanes) is 1. The first-order valence-electron chi connectivity index (χ1n) is 6.12. The number of carbonyl (C=O) groups is 1. The zero-order chi connectivity index (χ0) is 13.1. The van der Waals surface area contributed by atoms with Crippen molar-refractivity contribution in [1.82, 2.24) is 0 Å². The largest absolute Gasteiger partial charge is 0.464 e. The van der Waals surface area contributed by atoms with E-state index >= 15 is 0 Å². The number of ether oxygens (including phenoxy) is 3. The monoisotopic (exact) mass is 248 g/mol. The molecule has 17 heavy (non-hydrogen) atoms. The zero-order valence-electron chi connectivity index (χ0n) is 11.0. The van der Waals surface area contributed by atoms with Crippen LogP contribution in [0.5, 0.6) is 0 Å². The summed E-state index contributed by atoms with van der Waals surface area (Å²) in [6.07, 6.45) is 0.752. The summed E-state index contributed by atoms with van der Waals surface area (Å²) in [6, 6.07) is 0. The molecule has 0 saturated heterocycles. The van der Waals surface area contributed by atoms with Gasteiger partial charge in [-0.2, -0.15) is 0 Å². The van der Waals surface area contributed by atoms with Crippen molar-refractivity contribution >= 4 is 5.97 Å². The zero-order valence-corrected chi connectivity index (χ0v) is 11.0. The van der Waals surface area contributed by atoms with Crippen molar-refractivity contribution in [1.29, 1.82) is 0 Å². The molecule has 0 spiro atoms. The lowest BCUT2D eigenvalue weighted by Gasteiger charge is -2.20. The minimum Gasteiger partial charge on any atom is -0.464 e. The minimum atomic E-state index is -0.985. The van der Waals surface area contributed by atoms with Crippen LogP contribution < -0.4 is 0 Å². The molecule has 2 unspecified atom stereocenters. The first-order chi connectivity index (χ1) is 8.17. The normalized spacial score (nSPS) is 14.4. The van der Waals surface area contributed by atoms with Crippen LogP contribution in [-0.2, 0) is 19.0 Å². The van der Waals surface area contributed by atoms with Crippen LogP contribution in [0, 0.1) is 0 Å². The first-order valence-corrected chi connectivity index (χ1v) is 6.12. The Morgan fingerprint density at radius 2 is 1.94 bits per heavy atom. The predicted octanol–water partition coefficient (Wildman–Crippen LogP) is 1.13. The van der Waals surface area contributed by atoms with Gasteiger partial charge in [0, 0.05) is 13.7 Å². The van der Waals surface area contributed by atoms with Gasteiger partial charge in [0.25, 0.3) is 0 Å². The first kappa shape index (κ1) is 16.4. The molecule has 0 aliphatic carbocycles. The van der Waals surface area contributed by atoms with Gasteiger partial charge >= 0.3 is 5.97 Å². The van der Waals surface area contributed by atoms with Crippen LogP contribution in [0.1, 0.15) is 33.1 Å². The third-order valence-electron chi connectivity index (χ3n) is 2.21. The molecule has 0 amide bonds. The molecule has 0 aliphatic heterocycles. The van der Waals surface area contributed by atoms with Gasteiger partial charge in [-0.3, -0.25) is 0 Å². The molecule has 5 nitrogen and oxygen atoms in total. The van der Waals surface area contributed by atoms with Gasteiger partial charge < -0.3 is 19.3 Å². The molecule has 0 heterocycles. The van der Waals surface area contributed by atoms with E-state index in [9.17, 15) is 9.90 Å². The van der Waals surface area contributed by atoms with Crippen LogP contribution in [0.15, 0.2) is 0 Å². The molecule has 102 valence electrons. The highest BCUT2D eigenvalue weighted by Gasteiger charge is 2.28. The molecule has 0 bridgehead atoms. The van der Waals surface area contributed by atoms with Crippen LogP contribution in [-0.4, -0.2) is 50.2 Å². The Kier molecular flexibility index (Phi) is 10.1. The molecule has 0 aliphatic rings. The Hall–Kier alpha value is -0.650. The van der Waals surface area contributed by atoms with Gasteiger partial charge in [-0.25, -0.2) is 4.79 Å². The fourth-order valence-electron chi connectivity index (χ4n) is 1.23. The fourth-order valence-corrected chi connectivity index (χ4v) is 1.23. The number of rotatable bonds is 10. The van der Waals surface area contributed by atoms with E-state index in [0.717, 1.165) is 19.3 Å². The van der Waals surface area contributed by atoms with Crippen LogP contribution in [0.2, 0.25) is 0 Å². The maximum atomic E-state index is 11.5. The van der Waals surface area contributed by atoms with Crippen molar-refractivity contribution < 1.29 is 24.1 Å². The van der Waals surface area contributed by atoms with Crippen molar-refractivity contribution in [2.45, 2.75) is 45.3 Å². The molecule has 0 rings (SSSR count). The summed E-state index contributed by atoms with van der Waals surface area (Å²) in [5, 5.41) is 9.73. The summed E-state index contributed by atoms with van der Waals surface area (Å²) in [4.78, 5) is 11.5. The second-order valence-electron chi connectivity index (χ2n) is 3.82. The lowest BCUT2D eigenvalue weighted by Crippen LogP contribution is -2.40. The van der Waals surface area contributed by atoms with Crippen LogP contribution >= 0.6 is 0 Å². The Bertz CT molecular complexity index is 195. The van der Waals surface area contributed by atoms with Gasteiger partial charge in [0.2, 0.25) is 0 Å². The second kappa shape index (κ2) is 10.5. The van der Waals surface area contributed by atoms with Crippen LogP contribution in [0.4, 0.5) is 0 Å². The molecular formula is C12H24O5. The van der Waals surface area contributed by atoms with Crippen molar-refractivity contribution in [3.63, 3.8) is 0 Å². The van der Waals surface area contributed by atoms with Gasteiger partial charge in [-0.05, 0) is 12.8 Å². The third-order valence-corrected chi connectivity index (χ3v) is 2.21. The van der Waals surface area contributed by atoms with E-state index in [-0.39, 0.29) is 6.61 Å². The highest BCUT2D eigenvalue weighted by molar-refractivity contribution is 5.75. The van der Waals surface area contributed by atoms with Gasteiger partial charge in [-0.1, -0.05) is 20.3 Å². The molecule has 0 saturated carbocycles. The minimum absolute atomic E-state index is 0.0831. The summed E-state index contributed by atoms with van der Waals surface area (Å²) in [7, 11) is 1.37. The van der Waals surface area contributed by atoms with Crippen molar-refractivity contribution in [3.05, 3.63) is 0 Å². The molecule has 0 fully saturated rings. The lowest BCUT2D eigenvalue weighted by molar-refractivity contribution is -0.165. The van der Waals surface area contributed by atoms with Gasteiger partial charge in [0.1, 0.15) is 6.10 Å². The molecule has 1 N–H and O–H groups in total. The molecule has 0 aromatic rings. The summed E-state index contributed by atoms with van der Waals surface area (Å²) >= 11 is 0. The number of hydrogen-bond donors (Lipinski definition) is 1. The van der Waals surface area contributed by atoms with Crippen molar-refractivity contribution in [3.8, 4) is 0 Å². The standard InChI is InChI=1S/C12H24O5/c1-4-6-8-16-9-10(13)11(15-3)12(14)17-7-5-2/h10-11,13H,4-9H2,1-3H3. The molecule has 0 aromatic heterocycles. The van der Waals surface area contributed by atoms with E-state index in [1.807, 2.05) is 6.92 Å². The number of esters is 1. The third kappa shape index (κ3) is 7.31. The molecule has 5 heteroatoms. The van der Waals surface area contributed by atoms with Crippen molar-refractivity contribution in [2.75, 3.05) is 26.9 Å². The van der Waals surface area contributed by atoms with E-state index in [1.165, 1.54) is 7.11 Å². The number of aliphatic hydroxyl groups excluding tert-OH is 1. The average molecular weight is 248 g/mol. The smallest absolute Gasteiger partial charge is 0.338 e. The highest BCUT2D eigenvalue weighted by Crippen LogP contribution is 2.03. The SMILES string of the molecule is CCCCOCC(O)C(OC)C(=O)OCCC. The van der Waals surface area contributed by atoms with E-state index in [0.29, 0.717) is 13.2 Å². The number of methoxy groups -OCH3 is 1. The van der Waals surface area contributed by atoms with E-state index in [4.69, 9.17) is 14.2 Å². The van der Waals surface area contributed by atoms with Crippen LogP contribution in [0.25, 0.3) is 0 Å². The predicted molar refractivity (Wildman–Crippen MR) is 63.8 cm³/mol. The maximum Gasteiger partial charge on any atom is 0.338 e. The molecular weight excluding hydrogens is 224 g/mol. The summed E-state index contributed by atoms with van der Waals surface area (Å²) in [5.41, 5.74) is 0. The highest BCUT2D eigenvalue weighted by atomic mass is 16.6. The van der Waals surface area contributed by atoms with E-state index < -0.39 is 18.2 Å². The Balaban J connectivity index is 3.93. The summed E-state index contributed by atoms with van der Waals surface area (Å²) < 4.78 is 15.1. The summed E-state index contributed by atoms with van der Waals surface area (Å²) in [6.45, 7) is 4.95. The lowest BCUT2D eigenvalue weighted by atomic mass is 10.2. The van der Waals surface area contributed by atoms with E-state index in [2.05, 4.69) is 6.92 Å². The topological polar surface area (TPSA) is 65.0 Å². The van der Waals surface area contributed by atoms with E-state index in [1.54, 1.807) is 0 Å². The quantitative estimate of drug-likeness (QED) is 0.464. The molecule has 0 radical (unpaired) electrons. The number of aliphatic hydroxyl groups is 1. The average Bonchev–Trinajstić information content (AvgIpc) is 2.33. The Morgan fingerprint density at radius 1 is 1.24 bits per heavy atom.